The van der Waals surface area contributed by atoms with Crippen molar-refractivity contribution >= 4 is 5.91 Å². The molecular weight excluding hydrogens is 212 g/mol. The van der Waals surface area contributed by atoms with E-state index in [0.717, 1.165) is 37.3 Å². The maximum atomic E-state index is 12.2. The fourth-order valence-corrected chi connectivity index (χ4v) is 1.92. The monoisotopic (exact) mass is 228 g/mol. The van der Waals surface area contributed by atoms with Crippen molar-refractivity contribution in [1.82, 2.24) is 10.2 Å². The van der Waals surface area contributed by atoms with Crippen molar-refractivity contribution in [1.29, 1.82) is 0 Å². The highest BCUT2D eigenvalue weighted by molar-refractivity contribution is 5.94. The molecule has 3 heteroatoms. The van der Waals surface area contributed by atoms with Crippen LogP contribution < -0.4 is 5.32 Å². The Morgan fingerprint density at radius 3 is 2.82 bits per heavy atom. The molecule has 17 heavy (non-hydrogen) atoms. The standard InChI is InChI=1S/C14H16N2O/c1-2-4-12-5-3-6-13(11-12)14(17)16-9-7-15-8-10-16/h3,5-6,11,15H,7-10H2,1H3. The zero-order valence-electron chi connectivity index (χ0n) is 9.99. The molecule has 1 aromatic carbocycles. The van der Waals surface area contributed by atoms with E-state index in [-0.39, 0.29) is 5.91 Å². The molecule has 0 aromatic heterocycles. The van der Waals surface area contributed by atoms with Crippen LogP contribution in [0.1, 0.15) is 22.8 Å². The van der Waals surface area contributed by atoms with E-state index in [1.165, 1.54) is 0 Å². The lowest BCUT2D eigenvalue weighted by Crippen LogP contribution is -2.46. The van der Waals surface area contributed by atoms with E-state index >= 15 is 0 Å². The Balaban J connectivity index is 2.17. The third-order valence-electron chi connectivity index (χ3n) is 2.78. The first kappa shape index (κ1) is 11.7. The molecule has 1 aliphatic heterocycles. The number of hydrogen-bond acceptors (Lipinski definition) is 2. The molecule has 1 N–H and O–H groups in total. The third kappa shape index (κ3) is 2.86. The van der Waals surface area contributed by atoms with Gasteiger partial charge in [0.15, 0.2) is 0 Å². The van der Waals surface area contributed by atoms with Gasteiger partial charge in [0, 0.05) is 37.3 Å². The van der Waals surface area contributed by atoms with Crippen LogP contribution in [0.15, 0.2) is 24.3 Å². The molecule has 1 aromatic rings. The first-order chi connectivity index (χ1) is 8.31. The number of benzene rings is 1. The van der Waals surface area contributed by atoms with E-state index in [1.54, 1.807) is 6.92 Å². The second-order valence-electron chi connectivity index (χ2n) is 4.00. The van der Waals surface area contributed by atoms with Crippen molar-refractivity contribution in [2.45, 2.75) is 6.92 Å². The smallest absolute Gasteiger partial charge is 0.253 e. The summed E-state index contributed by atoms with van der Waals surface area (Å²) >= 11 is 0. The number of rotatable bonds is 1. The Morgan fingerprint density at radius 1 is 1.35 bits per heavy atom. The summed E-state index contributed by atoms with van der Waals surface area (Å²) in [5, 5.41) is 3.24. The van der Waals surface area contributed by atoms with Crippen molar-refractivity contribution in [3.05, 3.63) is 35.4 Å². The largest absolute Gasteiger partial charge is 0.336 e. The van der Waals surface area contributed by atoms with E-state index in [9.17, 15) is 4.79 Å². The molecule has 1 fully saturated rings. The molecule has 0 bridgehead atoms. The van der Waals surface area contributed by atoms with Gasteiger partial charge in [0.1, 0.15) is 0 Å². The lowest BCUT2D eigenvalue weighted by atomic mass is 10.1. The second kappa shape index (κ2) is 5.51. The van der Waals surface area contributed by atoms with Crippen LogP contribution in [0.2, 0.25) is 0 Å². The zero-order chi connectivity index (χ0) is 12.1. The van der Waals surface area contributed by atoms with Gasteiger partial charge in [-0.3, -0.25) is 4.79 Å². The number of nitrogens with one attached hydrogen (secondary N) is 1. The highest BCUT2D eigenvalue weighted by Gasteiger charge is 2.17. The number of hydrogen-bond donors (Lipinski definition) is 1. The van der Waals surface area contributed by atoms with Gasteiger partial charge < -0.3 is 10.2 Å². The minimum absolute atomic E-state index is 0.103. The molecule has 1 heterocycles. The number of piperazine rings is 1. The van der Waals surface area contributed by atoms with Gasteiger partial charge in [-0.1, -0.05) is 12.0 Å². The maximum Gasteiger partial charge on any atom is 0.253 e. The Kier molecular flexibility index (Phi) is 3.79. The molecule has 0 aliphatic carbocycles. The van der Waals surface area contributed by atoms with Crippen LogP contribution in [-0.2, 0) is 0 Å². The first-order valence-electron chi connectivity index (χ1n) is 5.84. The summed E-state index contributed by atoms with van der Waals surface area (Å²) in [6.45, 7) is 5.11. The van der Waals surface area contributed by atoms with Crippen molar-refractivity contribution in [2.24, 2.45) is 0 Å². The summed E-state index contributed by atoms with van der Waals surface area (Å²) in [6, 6.07) is 7.52. The van der Waals surface area contributed by atoms with Crippen LogP contribution in [0.25, 0.3) is 0 Å². The lowest BCUT2D eigenvalue weighted by Gasteiger charge is -2.27. The lowest BCUT2D eigenvalue weighted by molar-refractivity contribution is 0.0736. The fraction of sp³-hybridized carbons (Fsp3) is 0.357. The van der Waals surface area contributed by atoms with E-state index in [4.69, 9.17) is 0 Å². The van der Waals surface area contributed by atoms with Gasteiger partial charge in [0.2, 0.25) is 0 Å². The molecule has 2 rings (SSSR count). The quantitative estimate of drug-likeness (QED) is 0.730. The summed E-state index contributed by atoms with van der Waals surface area (Å²) < 4.78 is 0. The van der Waals surface area contributed by atoms with Gasteiger partial charge >= 0.3 is 0 Å². The molecule has 0 unspecified atom stereocenters. The van der Waals surface area contributed by atoms with Gasteiger partial charge in [-0.2, -0.15) is 0 Å². The first-order valence-corrected chi connectivity index (χ1v) is 5.84. The van der Waals surface area contributed by atoms with E-state index in [0.29, 0.717) is 0 Å². The summed E-state index contributed by atoms with van der Waals surface area (Å²) in [4.78, 5) is 14.1. The highest BCUT2D eigenvalue weighted by atomic mass is 16.2. The van der Waals surface area contributed by atoms with Crippen LogP contribution in [0.5, 0.6) is 0 Å². The average Bonchev–Trinajstić information content (AvgIpc) is 2.40. The Hall–Kier alpha value is -1.79. The predicted molar refractivity (Wildman–Crippen MR) is 67.8 cm³/mol. The van der Waals surface area contributed by atoms with Gasteiger partial charge in [-0.05, 0) is 25.1 Å². The number of nitrogens with zero attached hydrogens (tertiary/aromatic N) is 1. The molecule has 1 aliphatic rings. The van der Waals surface area contributed by atoms with Crippen LogP contribution in [0, 0.1) is 11.8 Å². The van der Waals surface area contributed by atoms with E-state index in [2.05, 4.69) is 17.2 Å². The summed E-state index contributed by atoms with van der Waals surface area (Å²) in [6.07, 6.45) is 0. The van der Waals surface area contributed by atoms with Gasteiger partial charge in [-0.25, -0.2) is 0 Å². The third-order valence-corrected chi connectivity index (χ3v) is 2.78. The minimum Gasteiger partial charge on any atom is -0.336 e. The van der Waals surface area contributed by atoms with Gasteiger partial charge in [0.25, 0.3) is 5.91 Å². The van der Waals surface area contributed by atoms with Crippen LogP contribution >= 0.6 is 0 Å². The molecule has 0 spiro atoms. The Bertz CT molecular complexity index is 465. The Labute approximate surface area is 102 Å². The molecule has 88 valence electrons. The minimum atomic E-state index is 0.103. The zero-order valence-corrected chi connectivity index (χ0v) is 9.99. The number of carbonyl (C=O) groups is 1. The SMILES string of the molecule is CC#Cc1cccc(C(=O)N2CCNCC2)c1. The normalized spacial score (nSPS) is 15.0. The molecule has 0 atom stereocenters. The molecule has 0 saturated carbocycles. The average molecular weight is 228 g/mol. The Morgan fingerprint density at radius 2 is 2.12 bits per heavy atom. The summed E-state index contributed by atoms with van der Waals surface area (Å²) in [5.41, 5.74) is 1.63. The molecular formula is C14H16N2O. The second-order valence-corrected chi connectivity index (χ2v) is 4.00. The number of carbonyl (C=O) groups excluding carboxylic acids is 1. The van der Waals surface area contributed by atoms with Crippen LogP contribution in [0.4, 0.5) is 0 Å². The maximum absolute atomic E-state index is 12.2. The number of amides is 1. The van der Waals surface area contributed by atoms with E-state index < -0.39 is 0 Å². The van der Waals surface area contributed by atoms with Crippen LogP contribution in [-0.4, -0.2) is 37.0 Å². The predicted octanol–water partition coefficient (Wildman–Crippen LogP) is 1.10. The van der Waals surface area contributed by atoms with Crippen molar-refractivity contribution in [2.75, 3.05) is 26.2 Å². The van der Waals surface area contributed by atoms with Crippen molar-refractivity contribution in [3.8, 4) is 11.8 Å². The summed E-state index contributed by atoms with van der Waals surface area (Å²) in [5.74, 6) is 5.92. The summed E-state index contributed by atoms with van der Waals surface area (Å²) in [7, 11) is 0. The topological polar surface area (TPSA) is 32.3 Å². The molecule has 1 amide bonds. The van der Waals surface area contributed by atoms with Crippen molar-refractivity contribution in [3.63, 3.8) is 0 Å². The van der Waals surface area contributed by atoms with Gasteiger partial charge in [0.05, 0.1) is 0 Å². The highest BCUT2D eigenvalue weighted by Crippen LogP contribution is 2.08. The van der Waals surface area contributed by atoms with E-state index in [1.807, 2.05) is 29.2 Å². The molecule has 3 nitrogen and oxygen atoms in total. The van der Waals surface area contributed by atoms with Crippen molar-refractivity contribution < 1.29 is 4.79 Å². The molecule has 0 radical (unpaired) electrons. The van der Waals surface area contributed by atoms with Gasteiger partial charge in [-0.15, -0.1) is 5.92 Å². The molecule has 1 saturated heterocycles. The fourth-order valence-electron chi connectivity index (χ4n) is 1.92. The van der Waals surface area contributed by atoms with Crippen LogP contribution in [0.3, 0.4) is 0 Å².